The van der Waals surface area contributed by atoms with E-state index in [1.165, 1.54) is 22.4 Å². The largest absolute Gasteiger partial charge is 0.382 e. The van der Waals surface area contributed by atoms with Crippen LogP contribution in [0.5, 0.6) is 0 Å². The standard InChI is InChI=1S/C18H15N7O2/c1-11-5-7-12(8-6-11)15-10-16(21-20-15)17-18(19)24(23-22-17)13-3-2-4-14(9-13)25(26)27/h2-10H,19H2,1H3,(H,20,21). The van der Waals surface area contributed by atoms with Crippen molar-refractivity contribution < 1.29 is 4.92 Å². The molecule has 0 amide bonds. The van der Waals surface area contributed by atoms with Crippen LogP contribution in [0.4, 0.5) is 11.5 Å². The van der Waals surface area contributed by atoms with Gasteiger partial charge in [-0.2, -0.15) is 9.78 Å². The van der Waals surface area contributed by atoms with Crippen LogP contribution < -0.4 is 5.73 Å². The minimum atomic E-state index is -0.472. The Morgan fingerprint density at radius 2 is 1.93 bits per heavy atom. The van der Waals surface area contributed by atoms with Crippen molar-refractivity contribution in [2.24, 2.45) is 0 Å². The smallest absolute Gasteiger partial charge is 0.271 e. The molecule has 2 aromatic heterocycles. The number of nitrogens with two attached hydrogens (primary N) is 1. The number of hydrogen-bond donors (Lipinski definition) is 2. The molecule has 0 aliphatic carbocycles. The lowest BCUT2D eigenvalue weighted by molar-refractivity contribution is -0.384. The summed E-state index contributed by atoms with van der Waals surface area (Å²) >= 11 is 0. The number of aromatic nitrogens is 5. The summed E-state index contributed by atoms with van der Waals surface area (Å²) < 4.78 is 1.36. The maximum absolute atomic E-state index is 11.0. The van der Waals surface area contributed by atoms with Gasteiger partial charge in [-0.15, -0.1) is 5.10 Å². The minimum absolute atomic E-state index is 0.0489. The van der Waals surface area contributed by atoms with Crippen LogP contribution in [0, 0.1) is 17.0 Å². The van der Waals surface area contributed by atoms with Crippen LogP contribution in [-0.4, -0.2) is 30.1 Å². The van der Waals surface area contributed by atoms with Gasteiger partial charge in [0.05, 0.1) is 22.0 Å². The van der Waals surface area contributed by atoms with E-state index in [9.17, 15) is 10.1 Å². The molecule has 9 heteroatoms. The number of aromatic amines is 1. The van der Waals surface area contributed by atoms with E-state index in [4.69, 9.17) is 5.73 Å². The quantitative estimate of drug-likeness (QED) is 0.424. The third-order valence-electron chi connectivity index (χ3n) is 4.17. The molecule has 27 heavy (non-hydrogen) atoms. The Morgan fingerprint density at radius 1 is 1.15 bits per heavy atom. The zero-order valence-corrected chi connectivity index (χ0v) is 14.3. The second kappa shape index (κ2) is 6.37. The molecule has 0 bridgehead atoms. The summed E-state index contributed by atoms with van der Waals surface area (Å²) in [5.41, 5.74) is 10.5. The molecule has 0 unspecified atom stereocenters. The molecule has 0 radical (unpaired) electrons. The van der Waals surface area contributed by atoms with Gasteiger partial charge in [0.25, 0.3) is 5.69 Å². The monoisotopic (exact) mass is 361 g/mol. The number of aryl methyl sites for hydroxylation is 1. The molecule has 0 aliphatic heterocycles. The van der Waals surface area contributed by atoms with Gasteiger partial charge in [0.1, 0.15) is 0 Å². The average Bonchev–Trinajstić information content (AvgIpc) is 3.29. The maximum Gasteiger partial charge on any atom is 0.271 e. The summed E-state index contributed by atoms with van der Waals surface area (Å²) in [4.78, 5) is 10.5. The molecule has 0 saturated heterocycles. The number of non-ortho nitro benzene ring substituents is 1. The van der Waals surface area contributed by atoms with Crippen molar-refractivity contribution in [3.63, 3.8) is 0 Å². The molecule has 0 fully saturated rings. The first-order chi connectivity index (χ1) is 13.0. The summed E-state index contributed by atoms with van der Waals surface area (Å²) in [5, 5.41) is 26.3. The number of nitrogen functional groups attached to an aromatic ring is 1. The molecule has 2 heterocycles. The lowest BCUT2D eigenvalue weighted by Crippen LogP contribution is -2.03. The highest BCUT2D eigenvalue weighted by molar-refractivity contribution is 5.72. The topological polar surface area (TPSA) is 129 Å². The first-order valence-electron chi connectivity index (χ1n) is 8.12. The van der Waals surface area contributed by atoms with Crippen molar-refractivity contribution in [2.75, 3.05) is 5.73 Å². The number of benzene rings is 2. The molecule has 0 aliphatic rings. The molecule has 4 aromatic rings. The van der Waals surface area contributed by atoms with Crippen molar-refractivity contribution in [3.8, 4) is 28.3 Å². The Labute approximate surface area is 153 Å². The normalized spacial score (nSPS) is 10.9. The van der Waals surface area contributed by atoms with Gasteiger partial charge in [-0.05, 0) is 19.1 Å². The average molecular weight is 361 g/mol. The fourth-order valence-electron chi connectivity index (χ4n) is 2.73. The predicted molar refractivity (Wildman–Crippen MR) is 100 cm³/mol. The van der Waals surface area contributed by atoms with Gasteiger partial charge < -0.3 is 5.73 Å². The van der Waals surface area contributed by atoms with Gasteiger partial charge in [0, 0.05) is 17.7 Å². The second-order valence-corrected chi connectivity index (χ2v) is 6.04. The number of H-pyrrole nitrogens is 1. The van der Waals surface area contributed by atoms with Gasteiger partial charge in [-0.25, -0.2) is 0 Å². The van der Waals surface area contributed by atoms with E-state index in [2.05, 4.69) is 20.5 Å². The van der Waals surface area contributed by atoms with E-state index in [0.29, 0.717) is 17.1 Å². The number of nitro groups is 1. The molecule has 0 atom stereocenters. The molecule has 3 N–H and O–H groups in total. The van der Waals surface area contributed by atoms with Gasteiger partial charge >= 0.3 is 0 Å². The van der Waals surface area contributed by atoms with Crippen LogP contribution >= 0.6 is 0 Å². The summed E-state index contributed by atoms with van der Waals surface area (Å²) in [6.07, 6.45) is 0. The summed E-state index contributed by atoms with van der Waals surface area (Å²) in [6.45, 7) is 2.02. The Bertz CT molecular complexity index is 1130. The lowest BCUT2D eigenvalue weighted by atomic mass is 10.1. The van der Waals surface area contributed by atoms with Crippen molar-refractivity contribution in [1.82, 2.24) is 25.2 Å². The fraction of sp³-hybridized carbons (Fsp3) is 0.0556. The first kappa shape index (κ1) is 16.5. The highest BCUT2D eigenvalue weighted by Crippen LogP contribution is 2.28. The Hall–Kier alpha value is -4.01. The van der Waals surface area contributed by atoms with Gasteiger partial charge in [-0.3, -0.25) is 15.2 Å². The van der Waals surface area contributed by atoms with Crippen LogP contribution in [-0.2, 0) is 0 Å². The third-order valence-corrected chi connectivity index (χ3v) is 4.17. The Kier molecular flexibility index (Phi) is 3.88. The van der Waals surface area contributed by atoms with Crippen LogP contribution in [0.2, 0.25) is 0 Å². The predicted octanol–water partition coefficient (Wildman–Crippen LogP) is 3.12. The Morgan fingerprint density at radius 3 is 2.67 bits per heavy atom. The van der Waals surface area contributed by atoms with Crippen molar-refractivity contribution in [1.29, 1.82) is 0 Å². The molecule has 9 nitrogen and oxygen atoms in total. The minimum Gasteiger partial charge on any atom is -0.382 e. The number of anilines is 1. The number of hydrogen-bond acceptors (Lipinski definition) is 6. The van der Waals surface area contributed by atoms with Crippen molar-refractivity contribution in [2.45, 2.75) is 6.92 Å². The lowest BCUT2D eigenvalue weighted by Gasteiger charge is -2.02. The summed E-state index contributed by atoms with van der Waals surface area (Å²) in [5.74, 6) is 0.259. The first-order valence-corrected chi connectivity index (χ1v) is 8.12. The van der Waals surface area contributed by atoms with Gasteiger partial charge in [0.2, 0.25) is 0 Å². The van der Waals surface area contributed by atoms with E-state index in [0.717, 1.165) is 11.3 Å². The zero-order chi connectivity index (χ0) is 19.0. The third kappa shape index (κ3) is 3.01. The van der Waals surface area contributed by atoms with E-state index in [1.54, 1.807) is 12.1 Å². The van der Waals surface area contributed by atoms with Crippen LogP contribution in [0.25, 0.3) is 28.3 Å². The van der Waals surface area contributed by atoms with Gasteiger partial charge in [-0.1, -0.05) is 41.1 Å². The van der Waals surface area contributed by atoms with Crippen LogP contribution in [0.15, 0.2) is 54.6 Å². The molecule has 2 aromatic carbocycles. The van der Waals surface area contributed by atoms with Crippen LogP contribution in [0.1, 0.15) is 5.56 Å². The maximum atomic E-state index is 11.0. The molecule has 134 valence electrons. The number of nitrogens with one attached hydrogen (secondary N) is 1. The van der Waals surface area contributed by atoms with E-state index in [-0.39, 0.29) is 11.5 Å². The second-order valence-electron chi connectivity index (χ2n) is 6.04. The van der Waals surface area contributed by atoms with Gasteiger partial charge in [0.15, 0.2) is 11.5 Å². The van der Waals surface area contributed by atoms with E-state index >= 15 is 0 Å². The highest BCUT2D eigenvalue weighted by Gasteiger charge is 2.17. The molecule has 0 spiro atoms. The SMILES string of the molecule is Cc1ccc(-c2cc(-c3nnn(-c4cccc([N+](=O)[O-])c4)c3N)[nH]n2)cc1. The summed E-state index contributed by atoms with van der Waals surface area (Å²) in [6, 6.07) is 15.9. The Balaban J connectivity index is 1.70. The van der Waals surface area contributed by atoms with Crippen molar-refractivity contribution >= 4 is 11.5 Å². The molecular weight excluding hydrogens is 346 g/mol. The van der Waals surface area contributed by atoms with E-state index in [1.807, 2.05) is 37.3 Å². The number of rotatable bonds is 4. The number of nitrogens with zero attached hydrogens (tertiary/aromatic N) is 5. The van der Waals surface area contributed by atoms with Crippen molar-refractivity contribution in [3.05, 3.63) is 70.3 Å². The zero-order valence-electron chi connectivity index (χ0n) is 14.3. The molecule has 4 rings (SSSR count). The van der Waals surface area contributed by atoms with Crippen LogP contribution in [0.3, 0.4) is 0 Å². The molecular formula is C18H15N7O2. The fourth-order valence-corrected chi connectivity index (χ4v) is 2.73. The van der Waals surface area contributed by atoms with E-state index < -0.39 is 4.92 Å². The summed E-state index contributed by atoms with van der Waals surface area (Å²) in [7, 11) is 0. The molecule has 0 saturated carbocycles. The number of nitro benzene ring substituents is 1. The highest BCUT2D eigenvalue weighted by atomic mass is 16.6.